The maximum absolute atomic E-state index is 13.9. The second-order valence-corrected chi connectivity index (χ2v) is 4.83. The maximum atomic E-state index is 13.9. The first kappa shape index (κ1) is 13.6. The molecule has 94 valence electrons. The van der Waals surface area contributed by atoms with Crippen LogP contribution in [-0.2, 0) is 6.61 Å². The fourth-order valence-electron chi connectivity index (χ4n) is 1.52. The molecule has 0 saturated carbocycles. The average Bonchev–Trinajstić information content (AvgIpc) is 2.29. The molecule has 0 aliphatic rings. The maximum Gasteiger partial charge on any atom is 0.149 e. The number of hydrogen-bond acceptors (Lipinski definition) is 2. The van der Waals surface area contributed by atoms with Crippen LogP contribution in [0.5, 0.6) is 0 Å². The van der Waals surface area contributed by atoms with Crippen LogP contribution in [0.25, 0.3) is 11.3 Å². The minimum absolute atomic E-state index is 0.0267. The minimum Gasteiger partial charge on any atom is -0.392 e. The average molecular weight is 307 g/mol. The van der Waals surface area contributed by atoms with Crippen molar-refractivity contribution in [3.05, 3.63) is 50.8 Å². The van der Waals surface area contributed by atoms with Crippen molar-refractivity contribution in [3.8, 4) is 11.3 Å². The van der Waals surface area contributed by atoms with Gasteiger partial charge in [-0.2, -0.15) is 0 Å². The number of aliphatic hydroxyl groups excluding tert-OH is 1. The van der Waals surface area contributed by atoms with E-state index in [1.54, 1.807) is 0 Å². The standard InChI is InChI=1S/C12H7Cl3FNO/c13-7-2-8(14)11(9(15)3-7)12-10(16)1-6(5-18)4-17-12/h1-4,18H,5H2. The summed E-state index contributed by atoms with van der Waals surface area (Å²) in [6.45, 7) is -0.285. The number of aromatic nitrogens is 1. The summed E-state index contributed by atoms with van der Waals surface area (Å²) in [6.07, 6.45) is 1.36. The lowest BCUT2D eigenvalue weighted by Crippen LogP contribution is -1.95. The summed E-state index contributed by atoms with van der Waals surface area (Å²) < 4.78 is 13.9. The largest absolute Gasteiger partial charge is 0.392 e. The van der Waals surface area contributed by atoms with Crippen LogP contribution in [0.4, 0.5) is 4.39 Å². The molecule has 18 heavy (non-hydrogen) atoms. The fraction of sp³-hybridized carbons (Fsp3) is 0.0833. The van der Waals surface area contributed by atoms with E-state index < -0.39 is 5.82 Å². The van der Waals surface area contributed by atoms with E-state index >= 15 is 0 Å². The monoisotopic (exact) mass is 305 g/mol. The highest BCUT2D eigenvalue weighted by Gasteiger charge is 2.16. The molecule has 0 saturated heterocycles. The first-order valence-electron chi connectivity index (χ1n) is 4.93. The van der Waals surface area contributed by atoms with Crippen LogP contribution in [0.2, 0.25) is 15.1 Å². The number of aliphatic hydroxyl groups is 1. The summed E-state index contributed by atoms with van der Waals surface area (Å²) in [5, 5.41) is 9.69. The Morgan fingerprint density at radius 2 is 1.72 bits per heavy atom. The van der Waals surface area contributed by atoms with Gasteiger partial charge in [-0.15, -0.1) is 0 Å². The van der Waals surface area contributed by atoms with Crippen LogP contribution >= 0.6 is 34.8 Å². The van der Waals surface area contributed by atoms with Gasteiger partial charge in [-0.05, 0) is 23.8 Å². The van der Waals surface area contributed by atoms with E-state index in [1.165, 1.54) is 24.4 Å². The third-order valence-electron chi connectivity index (χ3n) is 2.32. The number of nitrogens with zero attached hydrogens (tertiary/aromatic N) is 1. The normalized spacial score (nSPS) is 10.7. The Balaban J connectivity index is 2.62. The Kier molecular flexibility index (Phi) is 4.07. The molecule has 1 aromatic carbocycles. The zero-order valence-corrected chi connectivity index (χ0v) is 11.2. The predicted octanol–water partition coefficient (Wildman–Crippen LogP) is 4.34. The van der Waals surface area contributed by atoms with E-state index in [1.807, 2.05) is 0 Å². The topological polar surface area (TPSA) is 33.1 Å². The molecule has 0 spiro atoms. The molecule has 1 heterocycles. The zero-order chi connectivity index (χ0) is 13.3. The smallest absolute Gasteiger partial charge is 0.149 e. The Bertz CT molecular complexity index is 581. The molecule has 0 aliphatic heterocycles. The third-order valence-corrected chi connectivity index (χ3v) is 3.14. The van der Waals surface area contributed by atoms with Crippen molar-refractivity contribution < 1.29 is 9.50 Å². The second-order valence-electron chi connectivity index (χ2n) is 3.58. The highest BCUT2D eigenvalue weighted by atomic mass is 35.5. The van der Waals surface area contributed by atoms with Gasteiger partial charge in [0.1, 0.15) is 11.5 Å². The molecule has 2 rings (SSSR count). The van der Waals surface area contributed by atoms with Gasteiger partial charge in [0.25, 0.3) is 0 Å². The van der Waals surface area contributed by atoms with E-state index in [2.05, 4.69) is 4.98 Å². The molecule has 6 heteroatoms. The van der Waals surface area contributed by atoms with Gasteiger partial charge in [-0.3, -0.25) is 4.98 Å². The van der Waals surface area contributed by atoms with Gasteiger partial charge in [-0.1, -0.05) is 34.8 Å². The van der Waals surface area contributed by atoms with Gasteiger partial charge >= 0.3 is 0 Å². The van der Waals surface area contributed by atoms with Gasteiger partial charge in [0.2, 0.25) is 0 Å². The molecule has 1 aromatic heterocycles. The molecule has 0 radical (unpaired) electrons. The molecule has 2 nitrogen and oxygen atoms in total. The Morgan fingerprint density at radius 1 is 1.11 bits per heavy atom. The highest BCUT2D eigenvalue weighted by molar-refractivity contribution is 6.41. The number of hydrogen-bond donors (Lipinski definition) is 1. The van der Waals surface area contributed by atoms with Crippen LogP contribution < -0.4 is 0 Å². The van der Waals surface area contributed by atoms with Crippen LogP contribution in [-0.4, -0.2) is 10.1 Å². The van der Waals surface area contributed by atoms with E-state index in [0.29, 0.717) is 10.6 Å². The van der Waals surface area contributed by atoms with Crippen LogP contribution in [0, 0.1) is 5.82 Å². The lowest BCUT2D eigenvalue weighted by Gasteiger charge is -2.09. The van der Waals surface area contributed by atoms with Crippen molar-refractivity contribution in [1.29, 1.82) is 0 Å². The van der Waals surface area contributed by atoms with Gasteiger partial charge < -0.3 is 5.11 Å². The molecular weight excluding hydrogens is 299 g/mol. The molecule has 2 aromatic rings. The first-order valence-corrected chi connectivity index (χ1v) is 6.06. The molecule has 0 bridgehead atoms. The van der Waals surface area contributed by atoms with Crippen LogP contribution in [0.15, 0.2) is 24.4 Å². The second kappa shape index (κ2) is 5.41. The predicted molar refractivity (Wildman–Crippen MR) is 70.6 cm³/mol. The summed E-state index contributed by atoms with van der Waals surface area (Å²) in [5.41, 5.74) is 0.682. The summed E-state index contributed by atoms with van der Waals surface area (Å²) in [7, 11) is 0. The number of halogens is 4. The molecule has 0 atom stereocenters. The minimum atomic E-state index is -0.604. The molecule has 0 amide bonds. The van der Waals surface area contributed by atoms with Crippen molar-refractivity contribution in [2.24, 2.45) is 0 Å². The Labute approximate surface area is 118 Å². The van der Waals surface area contributed by atoms with E-state index in [-0.39, 0.29) is 27.9 Å². The number of pyridine rings is 1. The van der Waals surface area contributed by atoms with Gasteiger partial charge in [0.05, 0.1) is 16.7 Å². The van der Waals surface area contributed by atoms with Gasteiger partial charge in [-0.25, -0.2) is 4.39 Å². The van der Waals surface area contributed by atoms with E-state index in [0.717, 1.165) is 0 Å². The quantitative estimate of drug-likeness (QED) is 0.895. The molecular formula is C12H7Cl3FNO. The molecule has 0 aliphatic carbocycles. The highest BCUT2D eigenvalue weighted by Crippen LogP contribution is 2.37. The van der Waals surface area contributed by atoms with Gasteiger partial charge in [0, 0.05) is 16.8 Å². The van der Waals surface area contributed by atoms with Crippen molar-refractivity contribution in [2.45, 2.75) is 6.61 Å². The molecule has 0 unspecified atom stereocenters. The summed E-state index contributed by atoms with van der Waals surface area (Å²) in [4.78, 5) is 3.92. The zero-order valence-electron chi connectivity index (χ0n) is 8.92. The van der Waals surface area contributed by atoms with Gasteiger partial charge in [0.15, 0.2) is 0 Å². The Morgan fingerprint density at radius 3 is 2.22 bits per heavy atom. The van der Waals surface area contributed by atoms with Crippen molar-refractivity contribution in [2.75, 3.05) is 0 Å². The lowest BCUT2D eigenvalue weighted by molar-refractivity contribution is 0.280. The summed E-state index contributed by atoms with van der Waals surface area (Å²) in [5.74, 6) is -0.604. The number of rotatable bonds is 2. The third kappa shape index (κ3) is 2.59. The first-order chi connectivity index (χ1) is 8.52. The van der Waals surface area contributed by atoms with Crippen LogP contribution in [0.1, 0.15) is 5.56 Å². The van der Waals surface area contributed by atoms with E-state index in [9.17, 15) is 4.39 Å². The molecule has 1 N–H and O–H groups in total. The summed E-state index contributed by atoms with van der Waals surface area (Å²) in [6, 6.07) is 4.11. The SMILES string of the molecule is OCc1cnc(-c2c(Cl)cc(Cl)cc2Cl)c(F)c1. The van der Waals surface area contributed by atoms with Crippen molar-refractivity contribution >= 4 is 34.8 Å². The summed E-state index contributed by atoms with van der Waals surface area (Å²) >= 11 is 17.8. The Hall–Kier alpha value is -0.870. The van der Waals surface area contributed by atoms with Crippen LogP contribution in [0.3, 0.4) is 0 Å². The van der Waals surface area contributed by atoms with E-state index in [4.69, 9.17) is 39.9 Å². The lowest BCUT2D eigenvalue weighted by atomic mass is 10.1. The molecule has 0 fully saturated rings. The fourth-order valence-corrected chi connectivity index (χ4v) is 2.51. The number of benzene rings is 1. The van der Waals surface area contributed by atoms with Crippen molar-refractivity contribution in [3.63, 3.8) is 0 Å². The van der Waals surface area contributed by atoms with Crippen molar-refractivity contribution in [1.82, 2.24) is 4.98 Å².